The van der Waals surface area contributed by atoms with Gasteiger partial charge in [-0.2, -0.15) is 5.26 Å². The normalized spacial score (nSPS) is 12.5. The van der Waals surface area contributed by atoms with Gasteiger partial charge in [-0.25, -0.2) is 0 Å². The number of ether oxygens (including phenoxy) is 1. The largest absolute Gasteiger partial charge is 0.380 e. The molecule has 0 aliphatic rings. The van der Waals surface area contributed by atoms with Crippen molar-refractivity contribution in [3.63, 3.8) is 0 Å². The van der Waals surface area contributed by atoms with Gasteiger partial charge in [0.05, 0.1) is 18.6 Å². The summed E-state index contributed by atoms with van der Waals surface area (Å²) in [6, 6.07) is 2.15. The highest BCUT2D eigenvalue weighted by molar-refractivity contribution is 4.79. The summed E-state index contributed by atoms with van der Waals surface area (Å²) < 4.78 is 5.10. The number of rotatable bonds is 6. The lowest BCUT2D eigenvalue weighted by atomic mass is 10.2. The minimum absolute atomic E-state index is 0.0941. The summed E-state index contributed by atoms with van der Waals surface area (Å²) in [7, 11) is 0. The Bertz CT molecular complexity index is 120. The molecule has 0 heterocycles. The van der Waals surface area contributed by atoms with E-state index in [1.54, 1.807) is 0 Å². The van der Waals surface area contributed by atoms with Crippen LogP contribution in [0.5, 0.6) is 0 Å². The van der Waals surface area contributed by atoms with E-state index in [2.05, 4.69) is 11.4 Å². The van der Waals surface area contributed by atoms with Gasteiger partial charge in [0, 0.05) is 19.7 Å². The third-order valence-electron chi connectivity index (χ3n) is 1.30. The van der Waals surface area contributed by atoms with Gasteiger partial charge in [-0.3, -0.25) is 0 Å². The first-order valence-electron chi connectivity index (χ1n) is 3.99. The Hall–Kier alpha value is -0.590. The zero-order valence-corrected chi connectivity index (χ0v) is 7.26. The fourth-order valence-corrected chi connectivity index (χ4v) is 0.653. The van der Waals surface area contributed by atoms with E-state index in [0.717, 1.165) is 26.3 Å². The summed E-state index contributed by atoms with van der Waals surface area (Å²) in [5.41, 5.74) is 0. The van der Waals surface area contributed by atoms with Gasteiger partial charge < -0.3 is 10.1 Å². The highest BCUT2D eigenvalue weighted by atomic mass is 16.5. The van der Waals surface area contributed by atoms with Crippen LogP contribution in [-0.2, 0) is 4.74 Å². The summed E-state index contributed by atoms with van der Waals surface area (Å²) in [5.74, 6) is 0.0941. The lowest BCUT2D eigenvalue weighted by molar-refractivity contribution is 0.149. The van der Waals surface area contributed by atoms with E-state index in [0.29, 0.717) is 0 Å². The Morgan fingerprint density at radius 3 is 2.91 bits per heavy atom. The Labute approximate surface area is 68.3 Å². The summed E-state index contributed by atoms with van der Waals surface area (Å²) in [6.45, 7) is 6.94. The topological polar surface area (TPSA) is 45.0 Å². The predicted molar refractivity (Wildman–Crippen MR) is 44.1 cm³/mol. The van der Waals surface area contributed by atoms with Gasteiger partial charge in [0.25, 0.3) is 0 Å². The second kappa shape index (κ2) is 7.52. The lowest BCUT2D eigenvalue weighted by Crippen LogP contribution is -2.24. The second-order valence-electron chi connectivity index (χ2n) is 2.43. The average molecular weight is 156 g/mol. The van der Waals surface area contributed by atoms with Gasteiger partial charge in [-0.05, 0) is 13.8 Å². The number of nitriles is 1. The van der Waals surface area contributed by atoms with E-state index in [1.165, 1.54) is 0 Å². The highest BCUT2D eigenvalue weighted by Crippen LogP contribution is 1.86. The van der Waals surface area contributed by atoms with Crippen molar-refractivity contribution >= 4 is 0 Å². The first-order valence-corrected chi connectivity index (χ1v) is 3.99. The third-order valence-corrected chi connectivity index (χ3v) is 1.30. The van der Waals surface area contributed by atoms with Crippen LogP contribution in [0.25, 0.3) is 0 Å². The van der Waals surface area contributed by atoms with Gasteiger partial charge in [0.1, 0.15) is 0 Å². The molecule has 3 heteroatoms. The number of nitrogens with zero attached hydrogens (tertiary/aromatic N) is 1. The van der Waals surface area contributed by atoms with Crippen LogP contribution in [0.4, 0.5) is 0 Å². The Balaban J connectivity index is 2.97. The van der Waals surface area contributed by atoms with Crippen LogP contribution in [0.2, 0.25) is 0 Å². The molecule has 0 fully saturated rings. The van der Waals surface area contributed by atoms with Crippen molar-refractivity contribution in [3.8, 4) is 6.07 Å². The van der Waals surface area contributed by atoms with Crippen molar-refractivity contribution in [1.29, 1.82) is 5.26 Å². The standard InChI is InChI=1S/C8H16N2O/c1-3-11-5-4-10-7-8(2)6-9/h8,10H,3-5,7H2,1-2H3. The van der Waals surface area contributed by atoms with Gasteiger partial charge >= 0.3 is 0 Å². The minimum atomic E-state index is 0.0941. The van der Waals surface area contributed by atoms with Crippen molar-refractivity contribution in [3.05, 3.63) is 0 Å². The minimum Gasteiger partial charge on any atom is -0.380 e. The molecule has 0 aromatic carbocycles. The highest BCUT2D eigenvalue weighted by Gasteiger charge is 1.96. The van der Waals surface area contributed by atoms with Crippen molar-refractivity contribution in [2.45, 2.75) is 13.8 Å². The molecule has 64 valence electrons. The van der Waals surface area contributed by atoms with Gasteiger partial charge in [-0.15, -0.1) is 0 Å². The molecule has 0 spiro atoms. The number of nitrogens with one attached hydrogen (secondary N) is 1. The van der Waals surface area contributed by atoms with Crippen LogP contribution in [0.15, 0.2) is 0 Å². The van der Waals surface area contributed by atoms with E-state index in [4.69, 9.17) is 10.00 Å². The summed E-state index contributed by atoms with van der Waals surface area (Å²) >= 11 is 0. The van der Waals surface area contributed by atoms with Crippen LogP contribution < -0.4 is 5.32 Å². The molecule has 0 rings (SSSR count). The molecule has 0 bridgehead atoms. The summed E-state index contributed by atoms with van der Waals surface area (Å²) in [6.07, 6.45) is 0. The molecule has 0 saturated carbocycles. The van der Waals surface area contributed by atoms with Crippen LogP contribution in [-0.4, -0.2) is 26.3 Å². The zero-order valence-electron chi connectivity index (χ0n) is 7.26. The van der Waals surface area contributed by atoms with Gasteiger partial charge in [-0.1, -0.05) is 0 Å². The molecule has 0 aliphatic carbocycles. The lowest BCUT2D eigenvalue weighted by Gasteiger charge is -2.04. The molecule has 0 radical (unpaired) electrons. The average Bonchev–Trinajstić information content (AvgIpc) is 2.04. The molecule has 0 aromatic heterocycles. The van der Waals surface area contributed by atoms with Gasteiger partial charge in [0.15, 0.2) is 0 Å². The van der Waals surface area contributed by atoms with Crippen LogP contribution in [0, 0.1) is 17.2 Å². The van der Waals surface area contributed by atoms with Crippen molar-refractivity contribution in [2.24, 2.45) is 5.92 Å². The van der Waals surface area contributed by atoms with Crippen molar-refractivity contribution in [1.82, 2.24) is 5.32 Å². The maximum Gasteiger partial charge on any atom is 0.0666 e. The van der Waals surface area contributed by atoms with E-state index < -0.39 is 0 Å². The SMILES string of the molecule is CCOCCNCC(C)C#N. The van der Waals surface area contributed by atoms with Crippen LogP contribution in [0.3, 0.4) is 0 Å². The molecule has 1 atom stereocenters. The molecule has 0 aromatic rings. The molecule has 1 N–H and O–H groups in total. The maximum absolute atomic E-state index is 8.42. The molecule has 0 aliphatic heterocycles. The van der Waals surface area contributed by atoms with E-state index >= 15 is 0 Å². The van der Waals surface area contributed by atoms with E-state index in [9.17, 15) is 0 Å². The molecule has 11 heavy (non-hydrogen) atoms. The molecule has 1 unspecified atom stereocenters. The predicted octanol–water partition coefficient (Wildman–Crippen LogP) is 0.772. The van der Waals surface area contributed by atoms with Crippen LogP contribution >= 0.6 is 0 Å². The van der Waals surface area contributed by atoms with E-state index in [1.807, 2.05) is 13.8 Å². The summed E-state index contributed by atoms with van der Waals surface area (Å²) in [4.78, 5) is 0. The second-order valence-corrected chi connectivity index (χ2v) is 2.43. The number of hydrogen-bond donors (Lipinski definition) is 1. The maximum atomic E-state index is 8.42. The van der Waals surface area contributed by atoms with E-state index in [-0.39, 0.29) is 5.92 Å². The molecule has 3 nitrogen and oxygen atoms in total. The van der Waals surface area contributed by atoms with Gasteiger partial charge in [0.2, 0.25) is 0 Å². The molecule has 0 amide bonds. The first-order chi connectivity index (χ1) is 5.31. The number of hydrogen-bond acceptors (Lipinski definition) is 3. The fraction of sp³-hybridized carbons (Fsp3) is 0.875. The Morgan fingerprint density at radius 2 is 2.36 bits per heavy atom. The van der Waals surface area contributed by atoms with Crippen LogP contribution in [0.1, 0.15) is 13.8 Å². The fourth-order valence-electron chi connectivity index (χ4n) is 0.653. The Kier molecular flexibility index (Phi) is 7.11. The molecule has 0 saturated heterocycles. The smallest absolute Gasteiger partial charge is 0.0666 e. The molecular weight excluding hydrogens is 140 g/mol. The van der Waals surface area contributed by atoms with Crippen molar-refractivity contribution in [2.75, 3.05) is 26.3 Å². The third kappa shape index (κ3) is 7.31. The van der Waals surface area contributed by atoms with Crippen molar-refractivity contribution < 1.29 is 4.74 Å². The zero-order chi connectivity index (χ0) is 8.53. The monoisotopic (exact) mass is 156 g/mol. The quantitative estimate of drug-likeness (QED) is 0.578. The Morgan fingerprint density at radius 1 is 1.64 bits per heavy atom. The summed E-state index contributed by atoms with van der Waals surface area (Å²) in [5, 5.41) is 11.5. The molecular formula is C8H16N2O. The first kappa shape index (κ1) is 10.4.